The maximum Gasteiger partial charge on any atom is 0.236 e. The Morgan fingerprint density at radius 1 is 0.895 bits per heavy atom. The van der Waals surface area contributed by atoms with E-state index in [-0.39, 0.29) is 11.7 Å². The summed E-state index contributed by atoms with van der Waals surface area (Å²) in [6.07, 6.45) is 4.88. The second-order valence-corrected chi connectivity index (χ2v) is 11.3. The molecule has 0 amide bonds. The van der Waals surface area contributed by atoms with Gasteiger partial charge in [-0.05, 0) is 67.2 Å². The molecule has 0 aliphatic heterocycles. The first-order valence-electron chi connectivity index (χ1n) is 13.0. The number of fused-ring (bicyclic) bond motifs is 3. The molecule has 1 aromatic heterocycles. The van der Waals surface area contributed by atoms with Crippen molar-refractivity contribution < 1.29 is 8.42 Å². The fourth-order valence-corrected chi connectivity index (χ4v) is 6.14. The van der Waals surface area contributed by atoms with Crippen molar-refractivity contribution in [1.29, 1.82) is 0 Å². The van der Waals surface area contributed by atoms with Gasteiger partial charge in [-0.25, -0.2) is 18.4 Å². The van der Waals surface area contributed by atoms with Crippen LogP contribution in [0.1, 0.15) is 41.0 Å². The highest BCUT2D eigenvalue weighted by Gasteiger charge is 2.27. The highest BCUT2D eigenvalue weighted by Crippen LogP contribution is 2.42. The van der Waals surface area contributed by atoms with Crippen LogP contribution in [0.3, 0.4) is 0 Å². The number of hydrogen-bond acceptors (Lipinski definition) is 6. The Bertz CT molecular complexity index is 1470. The third-order valence-electron chi connectivity index (χ3n) is 6.80. The third-order valence-corrected chi connectivity index (χ3v) is 8.06. The summed E-state index contributed by atoms with van der Waals surface area (Å²) >= 11 is 0. The van der Waals surface area contributed by atoms with Gasteiger partial charge in [-0.15, -0.1) is 0 Å². The number of sulfonamides is 1. The molecule has 1 aliphatic rings. The summed E-state index contributed by atoms with van der Waals surface area (Å²) < 4.78 is 28.0. The van der Waals surface area contributed by atoms with Crippen molar-refractivity contribution in [3.05, 3.63) is 107 Å². The first-order chi connectivity index (χ1) is 18.5. The van der Waals surface area contributed by atoms with Crippen molar-refractivity contribution in [3.63, 3.8) is 0 Å². The van der Waals surface area contributed by atoms with E-state index >= 15 is 0 Å². The molecular weight excluding hydrogens is 494 g/mol. The van der Waals surface area contributed by atoms with Crippen molar-refractivity contribution in [2.75, 3.05) is 30.2 Å². The van der Waals surface area contributed by atoms with Gasteiger partial charge in [0, 0.05) is 29.9 Å². The minimum absolute atomic E-state index is 0.0603. The fourth-order valence-electron chi connectivity index (χ4n) is 4.94. The summed E-state index contributed by atoms with van der Waals surface area (Å²) in [6.45, 7) is 1.84. The molecule has 0 fully saturated rings. The monoisotopic (exact) mass is 527 g/mol. The van der Waals surface area contributed by atoms with Crippen molar-refractivity contribution in [1.82, 2.24) is 15.3 Å². The lowest BCUT2D eigenvalue weighted by Gasteiger charge is -2.27. The number of benzene rings is 3. The van der Waals surface area contributed by atoms with E-state index in [0.29, 0.717) is 11.6 Å². The molecule has 5 rings (SSSR count). The van der Waals surface area contributed by atoms with Gasteiger partial charge in [-0.3, -0.25) is 4.72 Å². The van der Waals surface area contributed by atoms with Crippen LogP contribution in [-0.2, 0) is 22.2 Å². The van der Waals surface area contributed by atoms with Crippen molar-refractivity contribution >= 4 is 21.7 Å². The van der Waals surface area contributed by atoms with Gasteiger partial charge in [-0.2, -0.15) is 0 Å². The first kappa shape index (κ1) is 25.9. The molecule has 1 unspecified atom stereocenters. The van der Waals surface area contributed by atoms with Gasteiger partial charge in [0.1, 0.15) is 0 Å². The van der Waals surface area contributed by atoms with Crippen LogP contribution < -0.4 is 15.4 Å². The lowest BCUT2D eigenvalue weighted by Crippen LogP contribution is -2.17. The van der Waals surface area contributed by atoms with E-state index in [1.165, 1.54) is 5.56 Å². The van der Waals surface area contributed by atoms with E-state index in [1.807, 2.05) is 73.9 Å². The molecule has 0 bridgehead atoms. The minimum atomic E-state index is -3.51. The number of anilines is 2. The number of hydrogen-bond donors (Lipinski definition) is 3. The smallest absolute Gasteiger partial charge is 0.236 e. The molecule has 0 saturated heterocycles. The third kappa shape index (κ3) is 6.20. The molecule has 4 aromatic rings. The van der Waals surface area contributed by atoms with E-state index in [2.05, 4.69) is 38.5 Å². The van der Waals surface area contributed by atoms with Crippen molar-refractivity contribution in [2.24, 2.45) is 0 Å². The molecule has 8 heteroatoms. The number of nitrogens with one attached hydrogen (secondary N) is 3. The van der Waals surface area contributed by atoms with Gasteiger partial charge >= 0.3 is 0 Å². The summed E-state index contributed by atoms with van der Waals surface area (Å²) in [5, 5.41) is 6.53. The van der Waals surface area contributed by atoms with Gasteiger partial charge in [0.05, 0.1) is 11.4 Å². The number of aromatic nitrogens is 2. The normalized spacial score (nSPS) is 14.4. The second-order valence-electron chi connectivity index (χ2n) is 9.62. The quantitative estimate of drug-likeness (QED) is 0.233. The van der Waals surface area contributed by atoms with Crippen molar-refractivity contribution in [3.8, 4) is 11.3 Å². The Balaban J connectivity index is 1.32. The molecule has 3 N–H and O–H groups in total. The summed E-state index contributed by atoms with van der Waals surface area (Å²) in [5.41, 5.74) is 6.87. The summed E-state index contributed by atoms with van der Waals surface area (Å²) in [5.74, 6) is 0.737. The van der Waals surface area contributed by atoms with Crippen LogP contribution in [0.25, 0.3) is 11.3 Å². The van der Waals surface area contributed by atoms with E-state index in [9.17, 15) is 8.42 Å². The zero-order valence-electron chi connectivity index (χ0n) is 21.5. The van der Waals surface area contributed by atoms with Gasteiger partial charge < -0.3 is 10.6 Å². The highest BCUT2D eigenvalue weighted by molar-refractivity contribution is 7.91. The van der Waals surface area contributed by atoms with Crippen molar-refractivity contribution in [2.45, 2.75) is 30.9 Å². The average Bonchev–Trinajstić information content (AvgIpc) is 2.93. The summed E-state index contributed by atoms with van der Waals surface area (Å²) in [4.78, 5) is 9.46. The van der Waals surface area contributed by atoms with E-state index < -0.39 is 10.0 Å². The Morgan fingerprint density at radius 3 is 2.42 bits per heavy atom. The summed E-state index contributed by atoms with van der Waals surface area (Å²) in [7, 11) is -1.54. The van der Waals surface area contributed by atoms with Gasteiger partial charge in [0.25, 0.3) is 0 Å². The van der Waals surface area contributed by atoms with Crippen LogP contribution in [0.4, 0.5) is 11.6 Å². The standard InChI is InChI=1S/C30H33N5O2S/c1-31-17-7-8-18-32-30-33-20-24-19-28(26-11-5-6-12-27(26)29(24)34-30)23-13-15-25(16-14-23)35-38(36,37)21-22-9-3-2-4-10-22/h2-6,9-16,20,28,31,35H,7-8,17-19,21H2,1H3,(H,32,33,34). The average molecular weight is 528 g/mol. The summed E-state index contributed by atoms with van der Waals surface area (Å²) in [6, 6.07) is 25.3. The molecule has 38 heavy (non-hydrogen) atoms. The molecular formula is C30H33N5O2S. The van der Waals surface area contributed by atoms with Gasteiger partial charge in [-0.1, -0.05) is 66.7 Å². The predicted octanol–water partition coefficient (Wildman–Crippen LogP) is 5.19. The van der Waals surface area contributed by atoms with Crippen LogP contribution in [0.15, 0.2) is 85.1 Å². The molecule has 1 atom stereocenters. The molecule has 0 spiro atoms. The van der Waals surface area contributed by atoms with E-state index in [4.69, 9.17) is 4.98 Å². The molecule has 1 heterocycles. The van der Waals surface area contributed by atoms with Gasteiger partial charge in [0.15, 0.2) is 0 Å². The van der Waals surface area contributed by atoms with E-state index in [0.717, 1.165) is 60.3 Å². The maximum atomic E-state index is 12.7. The minimum Gasteiger partial charge on any atom is -0.354 e. The lowest BCUT2D eigenvalue weighted by molar-refractivity contribution is 0.600. The molecule has 1 aliphatic carbocycles. The predicted molar refractivity (Wildman–Crippen MR) is 154 cm³/mol. The maximum absolute atomic E-state index is 12.7. The molecule has 3 aromatic carbocycles. The first-order valence-corrected chi connectivity index (χ1v) is 14.7. The van der Waals surface area contributed by atoms with Crippen LogP contribution in [0.2, 0.25) is 0 Å². The molecule has 0 radical (unpaired) electrons. The topological polar surface area (TPSA) is 96.0 Å². The van der Waals surface area contributed by atoms with Crippen LogP contribution in [-0.4, -0.2) is 38.5 Å². The van der Waals surface area contributed by atoms with Gasteiger partial charge in [0.2, 0.25) is 16.0 Å². The van der Waals surface area contributed by atoms with Crippen LogP contribution in [0.5, 0.6) is 0 Å². The zero-order chi connectivity index (χ0) is 26.4. The molecule has 7 nitrogen and oxygen atoms in total. The fraction of sp³-hybridized carbons (Fsp3) is 0.267. The Labute approximate surface area is 224 Å². The number of rotatable bonds is 11. The molecule has 196 valence electrons. The Morgan fingerprint density at radius 2 is 1.63 bits per heavy atom. The SMILES string of the molecule is CNCCCCNc1ncc2c(n1)-c1ccccc1C(c1ccc(NS(=O)(=O)Cc3ccccc3)cc1)C2. The second kappa shape index (κ2) is 11.8. The number of nitrogens with zero attached hydrogens (tertiary/aromatic N) is 2. The highest BCUT2D eigenvalue weighted by atomic mass is 32.2. The Hall–Kier alpha value is -3.75. The Kier molecular flexibility index (Phi) is 8.00. The van der Waals surface area contributed by atoms with Crippen LogP contribution >= 0.6 is 0 Å². The van der Waals surface area contributed by atoms with Crippen LogP contribution in [0, 0.1) is 0 Å². The van der Waals surface area contributed by atoms with E-state index in [1.54, 1.807) is 0 Å². The largest absolute Gasteiger partial charge is 0.354 e. The molecule has 0 saturated carbocycles. The lowest BCUT2D eigenvalue weighted by atomic mass is 9.78. The number of unbranched alkanes of at least 4 members (excludes halogenated alkanes) is 1. The zero-order valence-corrected chi connectivity index (χ0v) is 22.3.